The first kappa shape index (κ1) is 12.8. The summed E-state index contributed by atoms with van der Waals surface area (Å²) in [5, 5.41) is 4.05. The van der Waals surface area contributed by atoms with Crippen molar-refractivity contribution < 1.29 is 9.53 Å². The quantitative estimate of drug-likeness (QED) is 0.737. The number of ether oxygens (including phenoxy) is 1. The minimum atomic E-state index is 0.0286. The van der Waals surface area contributed by atoms with Gasteiger partial charge in [-0.2, -0.15) is 5.10 Å². The van der Waals surface area contributed by atoms with E-state index < -0.39 is 0 Å². The zero-order valence-electron chi connectivity index (χ0n) is 11.0. The van der Waals surface area contributed by atoms with E-state index in [1.807, 2.05) is 32.0 Å². The summed E-state index contributed by atoms with van der Waals surface area (Å²) in [5.74, 6) is 0.0286. The van der Waals surface area contributed by atoms with Crippen LogP contribution in [0.15, 0.2) is 18.5 Å². The molecule has 5 heteroatoms. The van der Waals surface area contributed by atoms with Crippen LogP contribution in [-0.4, -0.2) is 45.9 Å². The summed E-state index contributed by atoms with van der Waals surface area (Å²) < 4.78 is 7.31. The van der Waals surface area contributed by atoms with Crippen LogP contribution < -0.4 is 0 Å². The molecule has 0 N–H and O–H groups in total. The van der Waals surface area contributed by atoms with Crippen LogP contribution in [0.4, 0.5) is 0 Å². The Kier molecular flexibility index (Phi) is 3.81. The molecule has 1 aliphatic heterocycles. The van der Waals surface area contributed by atoms with E-state index in [0.29, 0.717) is 13.1 Å². The van der Waals surface area contributed by atoms with Gasteiger partial charge >= 0.3 is 0 Å². The van der Waals surface area contributed by atoms with E-state index in [-0.39, 0.29) is 18.1 Å². The van der Waals surface area contributed by atoms with Gasteiger partial charge in [-0.25, -0.2) is 0 Å². The molecule has 0 radical (unpaired) electrons. The zero-order valence-corrected chi connectivity index (χ0v) is 11.0. The molecule has 1 saturated heterocycles. The molecule has 2 rings (SSSR count). The standard InChI is InChI=1S/C13H19N3O2/c1-10-7-16(8-11(2)18-10)13(17)5-4-12-6-14-15(3)9-12/h4-6,9-11H,7-8H2,1-3H3/b5-4+/t10-,11-/m0/s1. The largest absolute Gasteiger partial charge is 0.372 e. The number of aromatic nitrogens is 2. The van der Waals surface area contributed by atoms with Crippen molar-refractivity contribution in [2.45, 2.75) is 26.1 Å². The maximum atomic E-state index is 12.0. The number of morpholine rings is 1. The average Bonchev–Trinajstić information content (AvgIpc) is 2.70. The second-order valence-electron chi connectivity index (χ2n) is 4.78. The van der Waals surface area contributed by atoms with Gasteiger partial charge < -0.3 is 9.64 Å². The van der Waals surface area contributed by atoms with Crippen molar-refractivity contribution in [3.63, 3.8) is 0 Å². The van der Waals surface area contributed by atoms with Crippen molar-refractivity contribution in [2.24, 2.45) is 7.05 Å². The fourth-order valence-electron chi connectivity index (χ4n) is 2.16. The number of hydrogen-bond donors (Lipinski definition) is 0. The van der Waals surface area contributed by atoms with Gasteiger partial charge in [0.15, 0.2) is 0 Å². The summed E-state index contributed by atoms with van der Waals surface area (Å²) in [6, 6.07) is 0. The molecule has 0 aromatic carbocycles. The molecular formula is C13H19N3O2. The number of rotatable bonds is 2. The number of amides is 1. The molecule has 0 spiro atoms. The monoisotopic (exact) mass is 249 g/mol. The normalized spacial score (nSPS) is 24.7. The molecule has 2 atom stereocenters. The third-order valence-electron chi connectivity index (χ3n) is 2.87. The summed E-state index contributed by atoms with van der Waals surface area (Å²) >= 11 is 0. The second kappa shape index (κ2) is 5.35. The Hall–Kier alpha value is -1.62. The van der Waals surface area contributed by atoms with Crippen LogP contribution in [0.2, 0.25) is 0 Å². The molecule has 98 valence electrons. The van der Waals surface area contributed by atoms with Gasteiger partial charge in [-0.3, -0.25) is 9.48 Å². The third-order valence-corrected chi connectivity index (χ3v) is 2.87. The van der Waals surface area contributed by atoms with Crippen molar-refractivity contribution in [3.8, 4) is 0 Å². The van der Waals surface area contributed by atoms with Crippen LogP contribution in [0, 0.1) is 0 Å². The molecule has 1 aromatic rings. The lowest BCUT2D eigenvalue weighted by molar-refractivity contribution is -0.137. The first-order valence-corrected chi connectivity index (χ1v) is 6.15. The molecule has 1 aliphatic rings. The highest BCUT2D eigenvalue weighted by Gasteiger charge is 2.24. The van der Waals surface area contributed by atoms with E-state index in [9.17, 15) is 4.79 Å². The molecule has 0 saturated carbocycles. The first-order valence-electron chi connectivity index (χ1n) is 6.15. The van der Waals surface area contributed by atoms with E-state index in [2.05, 4.69) is 5.10 Å². The van der Waals surface area contributed by atoms with Crippen LogP contribution >= 0.6 is 0 Å². The number of hydrogen-bond acceptors (Lipinski definition) is 3. The molecule has 0 bridgehead atoms. The molecule has 5 nitrogen and oxygen atoms in total. The molecule has 1 amide bonds. The summed E-state index contributed by atoms with van der Waals surface area (Å²) in [6.45, 7) is 5.28. The van der Waals surface area contributed by atoms with E-state index in [1.54, 1.807) is 23.0 Å². The molecule has 1 fully saturated rings. The average molecular weight is 249 g/mol. The van der Waals surface area contributed by atoms with Crippen LogP contribution in [0.25, 0.3) is 6.08 Å². The fraction of sp³-hybridized carbons (Fsp3) is 0.538. The fourth-order valence-corrected chi connectivity index (χ4v) is 2.16. The van der Waals surface area contributed by atoms with Gasteiger partial charge in [-0.15, -0.1) is 0 Å². The highest BCUT2D eigenvalue weighted by molar-refractivity contribution is 5.91. The maximum absolute atomic E-state index is 12.0. The number of carbonyl (C=O) groups excluding carboxylic acids is 1. The Bertz CT molecular complexity index is 443. The lowest BCUT2D eigenvalue weighted by atomic mass is 10.2. The Morgan fingerprint density at radius 1 is 1.44 bits per heavy atom. The van der Waals surface area contributed by atoms with Crippen molar-refractivity contribution in [3.05, 3.63) is 24.0 Å². The molecular weight excluding hydrogens is 230 g/mol. The summed E-state index contributed by atoms with van der Waals surface area (Å²) in [7, 11) is 1.85. The van der Waals surface area contributed by atoms with Crippen molar-refractivity contribution in [1.82, 2.24) is 14.7 Å². The molecule has 18 heavy (non-hydrogen) atoms. The highest BCUT2D eigenvalue weighted by Crippen LogP contribution is 2.11. The van der Waals surface area contributed by atoms with Crippen molar-refractivity contribution >= 4 is 12.0 Å². The topological polar surface area (TPSA) is 47.4 Å². The van der Waals surface area contributed by atoms with Crippen molar-refractivity contribution in [2.75, 3.05) is 13.1 Å². The van der Waals surface area contributed by atoms with Crippen molar-refractivity contribution in [1.29, 1.82) is 0 Å². The number of nitrogens with zero attached hydrogens (tertiary/aromatic N) is 3. The van der Waals surface area contributed by atoms with E-state index in [0.717, 1.165) is 5.56 Å². The minimum Gasteiger partial charge on any atom is -0.372 e. The van der Waals surface area contributed by atoms with Crippen LogP contribution in [0.1, 0.15) is 19.4 Å². The Morgan fingerprint density at radius 3 is 2.67 bits per heavy atom. The van der Waals surface area contributed by atoms with Gasteiger partial charge in [0.05, 0.1) is 18.4 Å². The highest BCUT2D eigenvalue weighted by atomic mass is 16.5. The second-order valence-corrected chi connectivity index (χ2v) is 4.78. The van der Waals surface area contributed by atoms with Gasteiger partial charge in [0.2, 0.25) is 5.91 Å². The molecule has 0 aliphatic carbocycles. The predicted octanol–water partition coefficient (Wildman–Crippen LogP) is 1.07. The lowest BCUT2D eigenvalue weighted by Gasteiger charge is -2.34. The van der Waals surface area contributed by atoms with Gasteiger partial charge in [0.1, 0.15) is 0 Å². The predicted molar refractivity (Wildman–Crippen MR) is 68.8 cm³/mol. The molecule has 0 unspecified atom stereocenters. The molecule has 2 heterocycles. The Labute approximate surface area is 107 Å². The summed E-state index contributed by atoms with van der Waals surface area (Å²) in [6.07, 6.45) is 7.19. The zero-order chi connectivity index (χ0) is 13.1. The minimum absolute atomic E-state index is 0.0286. The van der Waals surface area contributed by atoms with E-state index in [4.69, 9.17) is 4.74 Å². The van der Waals surface area contributed by atoms with E-state index in [1.165, 1.54) is 0 Å². The first-order chi connectivity index (χ1) is 8.54. The van der Waals surface area contributed by atoms with Crippen LogP contribution in [0.5, 0.6) is 0 Å². The Morgan fingerprint density at radius 2 is 2.11 bits per heavy atom. The van der Waals surface area contributed by atoms with Crippen LogP contribution in [0.3, 0.4) is 0 Å². The third kappa shape index (κ3) is 3.20. The Balaban J connectivity index is 1.97. The number of aryl methyl sites for hydroxylation is 1. The maximum Gasteiger partial charge on any atom is 0.246 e. The van der Waals surface area contributed by atoms with E-state index >= 15 is 0 Å². The SMILES string of the molecule is C[C@H]1CN(C(=O)/C=C/c2cnn(C)c2)C[C@H](C)O1. The van der Waals surface area contributed by atoms with Crippen LogP contribution in [-0.2, 0) is 16.6 Å². The lowest BCUT2D eigenvalue weighted by Crippen LogP contribution is -2.47. The summed E-state index contributed by atoms with van der Waals surface area (Å²) in [4.78, 5) is 13.9. The number of carbonyl (C=O) groups is 1. The molecule has 1 aromatic heterocycles. The smallest absolute Gasteiger partial charge is 0.246 e. The van der Waals surface area contributed by atoms with Gasteiger partial charge in [-0.05, 0) is 19.9 Å². The van der Waals surface area contributed by atoms with Gasteiger partial charge in [0.25, 0.3) is 0 Å². The summed E-state index contributed by atoms with van der Waals surface area (Å²) in [5.41, 5.74) is 0.931. The van der Waals surface area contributed by atoms with Gasteiger partial charge in [-0.1, -0.05) is 0 Å². The van der Waals surface area contributed by atoms with Gasteiger partial charge in [0, 0.05) is 38.0 Å².